The first-order valence-corrected chi connectivity index (χ1v) is 11.2. The van der Waals surface area contributed by atoms with Crippen LogP contribution in [0.4, 0.5) is 0 Å². The van der Waals surface area contributed by atoms with Crippen molar-refractivity contribution in [2.24, 2.45) is 11.3 Å². The normalized spacial score (nSPS) is 22.7. The molecule has 2 aliphatic heterocycles. The summed E-state index contributed by atoms with van der Waals surface area (Å²) in [4.78, 5) is 38.3. The molecule has 1 saturated carbocycles. The average molecular weight is 430 g/mol. The molecule has 0 bridgehead atoms. The lowest BCUT2D eigenvalue weighted by atomic mass is 9.67. The van der Waals surface area contributed by atoms with E-state index in [2.05, 4.69) is 10.6 Å². The van der Waals surface area contributed by atoms with Gasteiger partial charge in [0.15, 0.2) is 0 Å². The molecule has 1 aromatic rings. The van der Waals surface area contributed by atoms with Crippen LogP contribution in [-0.4, -0.2) is 66.6 Å². The van der Waals surface area contributed by atoms with Gasteiger partial charge in [0.2, 0.25) is 11.8 Å². The number of nitrogens with one attached hydrogen (secondary N) is 2. The van der Waals surface area contributed by atoms with E-state index in [0.29, 0.717) is 30.9 Å². The molecule has 4 rings (SSSR count). The Morgan fingerprint density at radius 1 is 1.19 bits per heavy atom. The fourth-order valence-corrected chi connectivity index (χ4v) is 4.84. The van der Waals surface area contributed by atoms with Crippen molar-refractivity contribution in [3.8, 4) is 5.75 Å². The molecule has 31 heavy (non-hydrogen) atoms. The Hall–Kier alpha value is -2.61. The van der Waals surface area contributed by atoms with Crippen molar-refractivity contribution in [2.75, 3.05) is 32.8 Å². The molecular weight excluding hydrogens is 398 g/mol. The fourth-order valence-electron chi connectivity index (χ4n) is 4.84. The second-order valence-electron chi connectivity index (χ2n) is 9.10. The van der Waals surface area contributed by atoms with Gasteiger partial charge >= 0.3 is 0 Å². The topological polar surface area (TPSA) is 108 Å². The van der Waals surface area contributed by atoms with Gasteiger partial charge in [-0.05, 0) is 49.9 Å². The predicted molar refractivity (Wildman–Crippen MR) is 113 cm³/mol. The molecule has 1 atom stereocenters. The molecule has 1 unspecified atom stereocenters. The van der Waals surface area contributed by atoms with E-state index in [1.807, 2.05) is 4.90 Å². The van der Waals surface area contributed by atoms with Gasteiger partial charge in [-0.3, -0.25) is 14.4 Å². The summed E-state index contributed by atoms with van der Waals surface area (Å²) in [6, 6.07) is 7.33. The van der Waals surface area contributed by atoms with Crippen molar-refractivity contribution in [1.82, 2.24) is 15.5 Å². The standard InChI is InChI=1S/C23H31N3O5/c27-10-1-11-31-19-4-2-16(3-5-19)22(30)26-14-23(15-26)8-6-18(7-9-23)25-21(29)17-12-20(28)24-13-17/h2-5,17-18,27H,1,6-15H2,(H,24,28)(H,25,29). The number of hydrogen-bond donors (Lipinski definition) is 3. The Morgan fingerprint density at radius 3 is 2.52 bits per heavy atom. The maximum absolute atomic E-state index is 12.8. The molecule has 0 radical (unpaired) electrons. The number of carbonyl (C=O) groups excluding carboxylic acids is 3. The molecule has 0 aromatic heterocycles. The number of aliphatic hydroxyl groups is 1. The minimum atomic E-state index is -0.244. The third kappa shape index (κ3) is 5.01. The van der Waals surface area contributed by atoms with Crippen molar-refractivity contribution < 1.29 is 24.2 Å². The van der Waals surface area contributed by atoms with Gasteiger partial charge < -0.3 is 25.4 Å². The summed E-state index contributed by atoms with van der Waals surface area (Å²) in [5.74, 6) is 0.426. The van der Waals surface area contributed by atoms with Crippen LogP contribution in [-0.2, 0) is 9.59 Å². The molecule has 1 aliphatic carbocycles. The van der Waals surface area contributed by atoms with Gasteiger partial charge in [-0.15, -0.1) is 0 Å². The van der Waals surface area contributed by atoms with Crippen molar-refractivity contribution in [2.45, 2.75) is 44.6 Å². The van der Waals surface area contributed by atoms with Crippen LogP contribution in [0, 0.1) is 11.3 Å². The van der Waals surface area contributed by atoms with E-state index in [9.17, 15) is 14.4 Å². The smallest absolute Gasteiger partial charge is 0.253 e. The number of ether oxygens (including phenoxy) is 1. The Labute approximate surface area is 182 Å². The van der Waals surface area contributed by atoms with Crippen molar-refractivity contribution >= 4 is 17.7 Å². The first-order valence-electron chi connectivity index (χ1n) is 11.2. The average Bonchev–Trinajstić information content (AvgIpc) is 3.19. The Balaban J connectivity index is 1.20. The Morgan fingerprint density at radius 2 is 1.90 bits per heavy atom. The molecule has 2 saturated heterocycles. The van der Waals surface area contributed by atoms with Gasteiger partial charge in [0.25, 0.3) is 5.91 Å². The number of benzene rings is 1. The van der Waals surface area contributed by atoms with E-state index in [1.165, 1.54) is 0 Å². The molecule has 2 heterocycles. The lowest BCUT2D eigenvalue weighted by Gasteiger charge is -2.53. The van der Waals surface area contributed by atoms with E-state index in [-0.39, 0.29) is 48.1 Å². The van der Waals surface area contributed by atoms with Crippen LogP contribution in [0.5, 0.6) is 5.75 Å². The Kier molecular flexibility index (Phi) is 6.46. The largest absolute Gasteiger partial charge is 0.494 e. The van der Waals surface area contributed by atoms with Crippen LogP contribution in [0.1, 0.15) is 48.9 Å². The van der Waals surface area contributed by atoms with Crippen LogP contribution in [0.2, 0.25) is 0 Å². The quantitative estimate of drug-likeness (QED) is 0.563. The molecule has 1 aromatic carbocycles. The number of likely N-dealkylation sites (tertiary alicyclic amines) is 1. The van der Waals surface area contributed by atoms with E-state index in [1.54, 1.807) is 24.3 Å². The number of hydrogen-bond acceptors (Lipinski definition) is 5. The number of aliphatic hydroxyl groups excluding tert-OH is 1. The highest BCUT2D eigenvalue weighted by molar-refractivity contribution is 5.95. The van der Waals surface area contributed by atoms with Crippen molar-refractivity contribution in [1.29, 1.82) is 0 Å². The summed E-state index contributed by atoms with van der Waals surface area (Å²) in [5, 5.41) is 14.6. The minimum Gasteiger partial charge on any atom is -0.494 e. The summed E-state index contributed by atoms with van der Waals surface area (Å²) < 4.78 is 5.51. The molecule has 3 fully saturated rings. The molecule has 3 amide bonds. The minimum absolute atomic E-state index is 0.0199. The van der Waals surface area contributed by atoms with Gasteiger partial charge in [-0.25, -0.2) is 0 Å². The van der Waals surface area contributed by atoms with E-state index >= 15 is 0 Å². The van der Waals surface area contributed by atoms with Crippen LogP contribution in [0.25, 0.3) is 0 Å². The van der Waals surface area contributed by atoms with E-state index in [4.69, 9.17) is 9.84 Å². The maximum atomic E-state index is 12.8. The van der Waals surface area contributed by atoms with E-state index in [0.717, 1.165) is 38.8 Å². The van der Waals surface area contributed by atoms with Crippen LogP contribution in [0.3, 0.4) is 0 Å². The zero-order valence-corrected chi connectivity index (χ0v) is 17.8. The van der Waals surface area contributed by atoms with Gasteiger partial charge in [-0.2, -0.15) is 0 Å². The van der Waals surface area contributed by atoms with Crippen molar-refractivity contribution in [3.63, 3.8) is 0 Å². The lowest BCUT2D eigenvalue weighted by molar-refractivity contribution is -0.127. The van der Waals surface area contributed by atoms with Gasteiger partial charge in [0, 0.05) is 56.1 Å². The zero-order valence-electron chi connectivity index (χ0n) is 17.8. The zero-order chi connectivity index (χ0) is 21.8. The lowest BCUT2D eigenvalue weighted by Crippen LogP contribution is -2.60. The third-order valence-electron chi connectivity index (χ3n) is 6.75. The second-order valence-corrected chi connectivity index (χ2v) is 9.10. The highest BCUT2D eigenvalue weighted by Crippen LogP contribution is 2.44. The van der Waals surface area contributed by atoms with Gasteiger partial charge in [-0.1, -0.05) is 0 Å². The summed E-state index contributed by atoms with van der Waals surface area (Å²) in [7, 11) is 0. The summed E-state index contributed by atoms with van der Waals surface area (Å²) in [6.45, 7) is 2.52. The SMILES string of the molecule is O=C1CC(C(=O)NC2CCC3(CC2)CN(C(=O)c2ccc(OCCCO)cc2)C3)CN1. The molecule has 3 aliphatic rings. The molecular formula is C23H31N3O5. The first kappa shape index (κ1) is 21.6. The highest BCUT2D eigenvalue weighted by atomic mass is 16.5. The summed E-state index contributed by atoms with van der Waals surface area (Å²) >= 11 is 0. The highest BCUT2D eigenvalue weighted by Gasteiger charge is 2.47. The monoisotopic (exact) mass is 429 g/mol. The fraction of sp³-hybridized carbons (Fsp3) is 0.609. The molecule has 3 N–H and O–H groups in total. The first-order chi connectivity index (χ1) is 15.0. The van der Waals surface area contributed by atoms with Gasteiger partial charge in [0.05, 0.1) is 12.5 Å². The molecule has 8 nitrogen and oxygen atoms in total. The number of rotatable bonds is 7. The third-order valence-corrected chi connectivity index (χ3v) is 6.75. The number of nitrogens with zero attached hydrogens (tertiary/aromatic N) is 1. The van der Waals surface area contributed by atoms with Crippen LogP contribution in [0.15, 0.2) is 24.3 Å². The predicted octanol–water partition coefficient (Wildman–Crippen LogP) is 1.08. The van der Waals surface area contributed by atoms with Crippen LogP contribution >= 0.6 is 0 Å². The Bertz CT molecular complexity index is 809. The van der Waals surface area contributed by atoms with Crippen molar-refractivity contribution in [3.05, 3.63) is 29.8 Å². The van der Waals surface area contributed by atoms with E-state index < -0.39 is 0 Å². The summed E-state index contributed by atoms with van der Waals surface area (Å²) in [5.41, 5.74) is 0.833. The number of amides is 3. The van der Waals surface area contributed by atoms with Crippen LogP contribution < -0.4 is 15.4 Å². The number of carbonyl (C=O) groups is 3. The second kappa shape index (κ2) is 9.26. The van der Waals surface area contributed by atoms with Gasteiger partial charge in [0.1, 0.15) is 5.75 Å². The molecule has 1 spiro atoms. The maximum Gasteiger partial charge on any atom is 0.253 e. The summed E-state index contributed by atoms with van der Waals surface area (Å²) in [6.07, 6.45) is 4.71. The molecule has 168 valence electrons. The molecule has 8 heteroatoms.